The van der Waals surface area contributed by atoms with Crippen molar-refractivity contribution < 1.29 is 22.7 Å². The molecule has 0 aliphatic carbocycles. The Labute approximate surface area is 204 Å². The Hall–Kier alpha value is -3.76. The van der Waals surface area contributed by atoms with Gasteiger partial charge in [0.25, 0.3) is 5.91 Å². The van der Waals surface area contributed by atoms with Crippen molar-refractivity contribution in [1.29, 1.82) is 0 Å². The highest BCUT2D eigenvalue weighted by atomic mass is 32.2. The first-order chi connectivity index (χ1) is 16.9. The average Bonchev–Trinajstić information content (AvgIpc) is 3.30. The van der Waals surface area contributed by atoms with Crippen LogP contribution in [0.15, 0.2) is 71.8 Å². The summed E-state index contributed by atoms with van der Waals surface area (Å²) >= 11 is 0. The van der Waals surface area contributed by atoms with Crippen molar-refractivity contribution in [2.75, 3.05) is 30.4 Å². The minimum absolute atomic E-state index is 0.0856. The number of pyridine rings is 1. The minimum atomic E-state index is -3.94. The number of sulfonamides is 1. The first kappa shape index (κ1) is 24.4. The Bertz CT molecular complexity index is 1310. The number of hydrogen-bond donors (Lipinski definition) is 2. The molecule has 1 aliphatic heterocycles. The van der Waals surface area contributed by atoms with E-state index in [1.165, 1.54) is 25.3 Å². The molecule has 0 saturated carbocycles. The molecule has 10 heteroatoms. The van der Waals surface area contributed by atoms with Crippen molar-refractivity contribution in [3.8, 4) is 5.75 Å². The first-order valence-corrected chi connectivity index (χ1v) is 12.6. The standard InChI is InChI=1S/C25H26N4O5S/c1-34-22-12-7-18(17-23(22)35(32,33)27-15-13-19-5-2-3-14-26-19)25(31)28-20-8-10-21(11-9-20)29-16-4-6-24(29)30/h2-3,5,7-12,14,17,27H,4,6,13,15-16H2,1H3,(H,28,31). The number of anilines is 2. The van der Waals surface area contributed by atoms with Gasteiger partial charge in [-0.25, -0.2) is 13.1 Å². The molecule has 0 radical (unpaired) electrons. The normalized spacial score (nSPS) is 13.6. The van der Waals surface area contributed by atoms with E-state index < -0.39 is 15.9 Å². The largest absolute Gasteiger partial charge is 0.495 e. The number of nitrogens with one attached hydrogen (secondary N) is 2. The summed E-state index contributed by atoms with van der Waals surface area (Å²) in [4.78, 5) is 30.5. The van der Waals surface area contributed by atoms with E-state index in [-0.39, 0.29) is 28.7 Å². The van der Waals surface area contributed by atoms with Crippen molar-refractivity contribution in [3.63, 3.8) is 0 Å². The van der Waals surface area contributed by atoms with Crippen LogP contribution >= 0.6 is 0 Å². The van der Waals surface area contributed by atoms with Crippen LogP contribution in [0.1, 0.15) is 28.9 Å². The second-order valence-corrected chi connectivity index (χ2v) is 9.72. The van der Waals surface area contributed by atoms with Crippen molar-refractivity contribution >= 4 is 33.2 Å². The average molecular weight is 495 g/mol. The smallest absolute Gasteiger partial charge is 0.255 e. The molecule has 35 heavy (non-hydrogen) atoms. The van der Waals surface area contributed by atoms with Gasteiger partial charge in [-0.2, -0.15) is 0 Å². The fraction of sp³-hybridized carbons (Fsp3) is 0.240. The summed E-state index contributed by atoms with van der Waals surface area (Å²) in [6.45, 7) is 0.828. The number of nitrogens with zero attached hydrogens (tertiary/aromatic N) is 2. The van der Waals surface area contributed by atoms with Gasteiger partial charge in [-0.1, -0.05) is 6.07 Å². The molecule has 0 spiro atoms. The number of carbonyl (C=O) groups is 2. The highest BCUT2D eigenvalue weighted by Gasteiger charge is 2.23. The molecule has 1 aromatic heterocycles. The van der Waals surface area contributed by atoms with Crippen LogP contribution in [-0.2, 0) is 21.2 Å². The number of ether oxygens (including phenoxy) is 1. The van der Waals surface area contributed by atoms with E-state index in [1.54, 1.807) is 41.4 Å². The van der Waals surface area contributed by atoms with E-state index in [1.807, 2.05) is 12.1 Å². The molecular formula is C25H26N4O5S. The molecule has 4 rings (SSSR count). The number of hydrogen-bond acceptors (Lipinski definition) is 6. The third-order valence-corrected chi connectivity index (χ3v) is 7.11. The second kappa shape index (κ2) is 10.7. The first-order valence-electron chi connectivity index (χ1n) is 11.2. The molecule has 0 atom stereocenters. The Kier molecular flexibility index (Phi) is 7.42. The van der Waals surface area contributed by atoms with Gasteiger partial charge in [-0.05, 0) is 61.0 Å². The molecule has 1 fully saturated rings. The van der Waals surface area contributed by atoms with E-state index in [9.17, 15) is 18.0 Å². The molecule has 182 valence electrons. The van der Waals surface area contributed by atoms with Gasteiger partial charge in [0.1, 0.15) is 10.6 Å². The molecule has 1 saturated heterocycles. The van der Waals surface area contributed by atoms with E-state index in [0.29, 0.717) is 25.1 Å². The SMILES string of the molecule is COc1ccc(C(=O)Nc2ccc(N3CCCC3=O)cc2)cc1S(=O)(=O)NCCc1ccccn1. The summed E-state index contributed by atoms with van der Waals surface area (Å²) < 4.78 is 33.7. The predicted octanol–water partition coefficient (Wildman–Crippen LogP) is 2.99. The maximum absolute atomic E-state index is 12.9. The second-order valence-electron chi connectivity index (χ2n) is 7.98. The lowest BCUT2D eigenvalue weighted by atomic mass is 10.2. The zero-order valence-electron chi connectivity index (χ0n) is 19.2. The minimum Gasteiger partial charge on any atom is -0.495 e. The van der Waals surface area contributed by atoms with Crippen LogP contribution < -0.4 is 19.7 Å². The maximum atomic E-state index is 12.9. The van der Waals surface area contributed by atoms with Crippen molar-refractivity contribution in [2.45, 2.75) is 24.2 Å². The van der Waals surface area contributed by atoms with Crippen LogP contribution in [0.4, 0.5) is 11.4 Å². The lowest BCUT2D eigenvalue weighted by Gasteiger charge is -2.16. The Balaban J connectivity index is 1.46. The van der Waals surface area contributed by atoms with Gasteiger partial charge in [0.2, 0.25) is 15.9 Å². The molecule has 2 amide bonds. The number of methoxy groups -OCH3 is 1. The van der Waals surface area contributed by atoms with Gasteiger partial charge in [-0.3, -0.25) is 14.6 Å². The topological polar surface area (TPSA) is 118 Å². The summed E-state index contributed by atoms with van der Waals surface area (Å²) in [5, 5.41) is 2.76. The summed E-state index contributed by atoms with van der Waals surface area (Å²) in [5.41, 5.74) is 2.23. The number of benzene rings is 2. The zero-order valence-corrected chi connectivity index (χ0v) is 20.0. The molecule has 2 N–H and O–H groups in total. The van der Waals surface area contributed by atoms with Gasteiger partial charge in [-0.15, -0.1) is 0 Å². The molecule has 9 nitrogen and oxygen atoms in total. The Morgan fingerprint density at radius 3 is 2.57 bits per heavy atom. The number of aromatic nitrogens is 1. The monoisotopic (exact) mass is 494 g/mol. The van der Waals surface area contributed by atoms with Crippen LogP contribution in [-0.4, -0.2) is 45.4 Å². The van der Waals surface area contributed by atoms with E-state index in [4.69, 9.17) is 4.74 Å². The Morgan fingerprint density at radius 1 is 1.11 bits per heavy atom. The lowest BCUT2D eigenvalue weighted by molar-refractivity contribution is -0.117. The fourth-order valence-electron chi connectivity index (χ4n) is 3.81. The molecule has 3 aromatic rings. The number of rotatable bonds is 9. The predicted molar refractivity (Wildman–Crippen MR) is 132 cm³/mol. The summed E-state index contributed by atoms with van der Waals surface area (Å²) in [7, 11) is -2.57. The molecule has 0 bridgehead atoms. The van der Waals surface area contributed by atoms with E-state index in [0.717, 1.165) is 17.8 Å². The maximum Gasteiger partial charge on any atom is 0.255 e. The van der Waals surface area contributed by atoms with Gasteiger partial charge in [0.15, 0.2) is 0 Å². The van der Waals surface area contributed by atoms with Crippen molar-refractivity contribution in [1.82, 2.24) is 9.71 Å². The number of amides is 2. The summed E-state index contributed by atoms with van der Waals surface area (Å²) in [6, 6.07) is 16.6. The third-order valence-electron chi connectivity index (χ3n) is 5.62. The zero-order chi connectivity index (χ0) is 24.8. The molecule has 2 heterocycles. The summed E-state index contributed by atoms with van der Waals surface area (Å²) in [6.07, 6.45) is 3.44. The summed E-state index contributed by atoms with van der Waals surface area (Å²) in [5.74, 6) is -0.253. The van der Waals surface area contributed by atoms with Crippen LogP contribution in [0.2, 0.25) is 0 Å². The van der Waals surface area contributed by atoms with Gasteiger partial charge >= 0.3 is 0 Å². The number of carbonyl (C=O) groups excluding carboxylic acids is 2. The van der Waals surface area contributed by atoms with Gasteiger partial charge in [0, 0.05) is 54.8 Å². The van der Waals surface area contributed by atoms with Crippen molar-refractivity contribution in [3.05, 3.63) is 78.1 Å². The van der Waals surface area contributed by atoms with Crippen LogP contribution in [0.3, 0.4) is 0 Å². The molecule has 2 aromatic carbocycles. The fourth-order valence-corrected chi connectivity index (χ4v) is 5.04. The lowest BCUT2D eigenvalue weighted by Crippen LogP contribution is -2.27. The third kappa shape index (κ3) is 5.84. The Morgan fingerprint density at radius 2 is 1.91 bits per heavy atom. The van der Waals surface area contributed by atoms with Crippen molar-refractivity contribution in [2.24, 2.45) is 0 Å². The molecule has 0 unspecified atom stereocenters. The quantitative estimate of drug-likeness (QED) is 0.472. The highest BCUT2D eigenvalue weighted by Crippen LogP contribution is 2.26. The van der Waals surface area contributed by atoms with Crippen LogP contribution in [0.5, 0.6) is 5.75 Å². The van der Waals surface area contributed by atoms with E-state index in [2.05, 4.69) is 15.0 Å². The highest BCUT2D eigenvalue weighted by molar-refractivity contribution is 7.89. The van der Waals surface area contributed by atoms with Gasteiger partial charge < -0.3 is 15.0 Å². The van der Waals surface area contributed by atoms with Crippen LogP contribution in [0.25, 0.3) is 0 Å². The van der Waals surface area contributed by atoms with E-state index >= 15 is 0 Å². The van der Waals surface area contributed by atoms with Gasteiger partial charge in [0.05, 0.1) is 7.11 Å². The molecular weight excluding hydrogens is 468 g/mol. The molecule has 1 aliphatic rings. The van der Waals surface area contributed by atoms with Crippen LogP contribution in [0, 0.1) is 0 Å².